The Kier molecular flexibility index (Phi) is 1.96. The number of rotatable bonds is 1. The molecule has 2 aromatic rings. The van der Waals surface area contributed by atoms with Gasteiger partial charge in [0.15, 0.2) is 0 Å². The summed E-state index contributed by atoms with van der Waals surface area (Å²) in [5.74, 6) is 0. The van der Waals surface area contributed by atoms with Gasteiger partial charge in [-0.1, -0.05) is 17.7 Å². The molecule has 1 N–H and O–H groups in total. The zero-order chi connectivity index (χ0) is 9.26. The molecule has 0 fully saturated rings. The molecule has 3 heteroatoms. The van der Waals surface area contributed by atoms with Crippen LogP contribution in [0, 0.1) is 11.3 Å². The van der Waals surface area contributed by atoms with Gasteiger partial charge in [0.2, 0.25) is 0 Å². The lowest BCUT2D eigenvalue weighted by Gasteiger charge is -1.92. The van der Waals surface area contributed by atoms with Crippen LogP contribution in [0.4, 0.5) is 0 Å². The van der Waals surface area contributed by atoms with Gasteiger partial charge in [-0.05, 0) is 17.7 Å². The minimum absolute atomic E-state index is 0.432. The number of fused-ring (bicyclic) bond motifs is 1. The molecule has 64 valence electrons. The maximum atomic E-state index is 8.56. The molecule has 0 spiro atoms. The van der Waals surface area contributed by atoms with Crippen LogP contribution in [0.1, 0.15) is 5.56 Å². The van der Waals surface area contributed by atoms with Crippen molar-refractivity contribution in [2.24, 2.45) is 0 Å². The van der Waals surface area contributed by atoms with E-state index in [1.54, 1.807) is 0 Å². The Morgan fingerprint density at radius 1 is 1.46 bits per heavy atom. The van der Waals surface area contributed by atoms with Crippen LogP contribution in [0.25, 0.3) is 10.9 Å². The highest BCUT2D eigenvalue weighted by Crippen LogP contribution is 2.21. The molecule has 0 atom stereocenters. The molecule has 0 aliphatic carbocycles. The summed E-state index contributed by atoms with van der Waals surface area (Å²) in [6, 6.07) is 7.75. The standard InChI is InChI=1S/C10H7ClN2/c11-8-1-2-9-7(3-4-12)6-13-10(9)5-8/h1-2,5-6,13H,3H2. The highest BCUT2D eigenvalue weighted by molar-refractivity contribution is 6.31. The van der Waals surface area contributed by atoms with E-state index in [0.29, 0.717) is 11.4 Å². The zero-order valence-electron chi connectivity index (χ0n) is 6.84. The summed E-state index contributed by atoms with van der Waals surface area (Å²) in [4.78, 5) is 3.08. The van der Waals surface area contributed by atoms with Crippen molar-refractivity contribution in [2.45, 2.75) is 6.42 Å². The molecule has 13 heavy (non-hydrogen) atoms. The van der Waals surface area contributed by atoms with Crippen LogP contribution < -0.4 is 0 Å². The van der Waals surface area contributed by atoms with E-state index in [1.165, 1.54) is 0 Å². The largest absolute Gasteiger partial charge is 0.361 e. The van der Waals surface area contributed by atoms with E-state index in [4.69, 9.17) is 16.9 Å². The molecule has 2 nitrogen and oxygen atoms in total. The molecule has 1 heterocycles. The Balaban J connectivity index is 2.63. The first-order chi connectivity index (χ1) is 6.31. The summed E-state index contributed by atoms with van der Waals surface area (Å²) in [6.07, 6.45) is 2.28. The van der Waals surface area contributed by atoms with E-state index < -0.39 is 0 Å². The molecule has 0 unspecified atom stereocenters. The van der Waals surface area contributed by atoms with E-state index >= 15 is 0 Å². The van der Waals surface area contributed by atoms with Crippen molar-refractivity contribution in [1.82, 2.24) is 4.98 Å². The van der Waals surface area contributed by atoms with Crippen molar-refractivity contribution < 1.29 is 0 Å². The average Bonchev–Trinajstić information content (AvgIpc) is 2.49. The zero-order valence-corrected chi connectivity index (χ0v) is 7.60. The number of hydrogen-bond acceptors (Lipinski definition) is 1. The minimum Gasteiger partial charge on any atom is -0.361 e. The Bertz CT molecular complexity index is 479. The summed E-state index contributed by atoms with van der Waals surface area (Å²) < 4.78 is 0. The number of H-pyrrole nitrogens is 1. The van der Waals surface area contributed by atoms with Gasteiger partial charge in [0.1, 0.15) is 0 Å². The van der Waals surface area contributed by atoms with Gasteiger partial charge < -0.3 is 4.98 Å². The summed E-state index contributed by atoms with van der Waals surface area (Å²) in [5.41, 5.74) is 2.01. The predicted octanol–water partition coefficient (Wildman–Crippen LogP) is 2.89. The predicted molar refractivity (Wildman–Crippen MR) is 52.6 cm³/mol. The number of hydrogen-bond donors (Lipinski definition) is 1. The van der Waals surface area contributed by atoms with Crippen molar-refractivity contribution >= 4 is 22.5 Å². The van der Waals surface area contributed by atoms with Gasteiger partial charge in [-0.15, -0.1) is 0 Å². The summed E-state index contributed by atoms with van der Waals surface area (Å²) in [5, 5.41) is 10.3. The van der Waals surface area contributed by atoms with Crippen molar-refractivity contribution in [3.05, 3.63) is 35.0 Å². The fourth-order valence-electron chi connectivity index (χ4n) is 1.39. The fraction of sp³-hybridized carbons (Fsp3) is 0.100. The lowest BCUT2D eigenvalue weighted by molar-refractivity contribution is 1.28. The number of benzene rings is 1. The van der Waals surface area contributed by atoms with E-state index in [1.807, 2.05) is 24.4 Å². The normalized spacial score (nSPS) is 10.2. The maximum Gasteiger partial charge on any atom is 0.0670 e. The lowest BCUT2D eigenvalue weighted by Crippen LogP contribution is -1.76. The third kappa shape index (κ3) is 1.39. The van der Waals surface area contributed by atoms with Crippen LogP contribution in [0.15, 0.2) is 24.4 Å². The number of nitrogens with zero attached hydrogens (tertiary/aromatic N) is 1. The molecular formula is C10H7ClN2. The number of nitriles is 1. The first-order valence-electron chi connectivity index (χ1n) is 3.94. The SMILES string of the molecule is N#CCc1c[nH]c2cc(Cl)ccc12. The van der Waals surface area contributed by atoms with Crippen LogP contribution in [0.5, 0.6) is 0 Å². The Morgan fingerprint density at radius 3 is 3.08 bits per heavy atom. The van der Waals surface area contributed by atoms with Gasteiger partial charge in [-0.3, -0.25) is 0 Å². The van der Waals surface area contributed by atoms with E-state index in [-0.39, 0.29) is 0 Å². The summed E-state index contributed by atoms with van der Waals surface area (Å²) in [7, 11) is 0. The van der Waals surface area contributed by atoms with E-state index in [9.17, 15) is 0 Å². The van der Waals surface area contributed by atoms with Gasteiger partial charge in [0.05, 0.1) is 12.5 Å². The van der Waals surface area contributed by atoms with E-state index in [0.717, 1.165) is 16.5 Å². The molecule has 1 aromatic heterocycles. The number of aromatic nitrogens is 1. The van der Waals surface area contributed by atoms with Crippen LogP contribution in [0.3, 0.4) is 0 Å². The number of nitrogens with one attached hydrogen (secondary N) is 1. The molecule has 2 rings (SSSR count). The second-order valence-corrected chi connectivity index (χ2v) is 3.28. The minimum atomic E-state index is 0.432. The molecule has 0 radical (unpaired) electrons. The summed E-state index contributed by atoms with van der Waals surface area (Å²) in [6.45, 7) is 0. The van der Waals surface area contributed by atoms with Gasteiger partial charge in [0.25, 0.3) is 0 Å². The molecule has 0 saturated carbocycles. The van der Waals surface area contributed by atoms with Gasteiger partial charge >= 0.3 is 0 Å². The van der Waals surface area contributed by atoms with Crippen LogP contribution >= 0.6 is 11.6 Å². The van der Waals surface area contributed by atoms with Crippen molar-refractivity contribution in [3.63, 3.8) is 0 Å². The third-order valence-electron chi connectivity index (χ3n) is 2.00. The molecule has 0 bridgehead atoms. The second kappa shape index (κ2) is 3.12. The fourth-order valence-corrected chi connectivity index (χ4v) is 1.56. The molecule has 0 aliphatic heterocycles. The van der Waals surface area contributed by atoms with Crippen LogP contribution in [-0.2, 0) is 6.42 Å². The van der Waals surface area contributed by atoms with Crippen molar-refractivity contribution in [2.75, 3.05) is 0 Å². The summed E-state index contributed by atoms with van der Waals surface area (Å²) >= 11 is 5.82. The Labute approximate surface area is 80.7 Å². The smallest absolute Gasteiger partial charge is 0.0670 e. The Hall–Kier alpha value is -1.46. The second-order valence-electron chi connectivity index (χ2n) is 2.84. The molecule has 1 aromatic carbocycles. The maximum absolute atomic E-state index is 8.56. The molecule has 0 aliphatic rings. The van der Waals surface area contributed by atoms with Crippen LogP contribution in [0.2, 0.25) is 5.02 Å². The third-order valence-corrected chi connectivity index (χ3v) is 2.23. The average molecular weight is 191 g/mol. The van der Waals surface area contributed by atoms with Crippen molar-refractivity contribution in [1.29, 1.82) is 5.26 Å². The number of halogens is 1. The van der Waals surface area contributed by atoms with Crippen LogP contribution in [-0.4, -0.2) is 4.98 Å². The highest BCUT2D eigenvalue weighted by Gasteiger charge is 2.02. The number of aromatic amines is 1. The quantitative estimate of drug-likeness (QED) is 0.738. The van der Waals surface area contributed by atoms with Gasteiger partial charge in [-0.25, -0.2) is 0 Å². The molecule has 0 saturated heterocycles. The van der Waals surface area contributed by atoms with Gasteiger partial charge in [0, 0.05) is 22.1 Å². The first kappa shape index (κ1) is 8.15. The lowest BCUT2D eigenvalue weighted by atomic mass is 10.1. The van der Waals surface area contributed by atoms with E-state index in [2.05, 4.69) is 11.1 Å². The van der Waals surface area contributed by atoms with Crippen molar-refractivity contribution in [3.8, 4) is 6.07 Å². The Morgan fingerprint density at radius 2 is 2.31 bits per heavy atom. The molecular weight excluding hydrogens is 184 g/mol. The molecule has 0 amide bonds. The highest BCUT2D eigenvalue weighted by atomic mass is 35.5. The topological polar surface area (TPSA) is 39.6 Å². The monoisotopic (exact) mass is 190 g/mol. The van der Waals surface area contributed by atoms with Gasteiger partial charge in [-0.2, -0.15) is 5.26 Å². The first-order valence-corrected chi connectivity index (χ1v) is 4.31.